The average Bonchev–Trinajstić information content (AvgIpc) is 2.50. The fraction of sp³-hybridized carbons (Fsp3) is 0.625. The third-order valence-corrected chi connectivity index (χ3v) is 1.98. The molecule has 1 unspecified atom stereocenters. The summed E-state index contributed by atoms with van der Waals surface area (Å²) in [5.41, 5.74) is 0.248. The minimum absolute atomic E-state index is 0. The molecule has 0 aliphatic heterocycles. The Balaban J connectivity index is 0.00000225. The lowest BCUT2D eigenvalue weighted by molar-refractivity contribution is -0.387. The summed E-state index contributed by atoms with van der Waals surface area (Å²) in [5.74, 6) is -0.507. The molecule has 1 aromatic rings. The van der Waals surface area contributed by atoms with Crippen molar-refractivity contribution in [3.05, 3.63) is 17.8 Å². The molecule has 0 spiro atoms. The maximum absolute atomic E-state index is 12.6. The third-order valence-electron chi connectivity index (χ3n) is 1.98. The maximum atomic E-state index is 12.6. The van der Waals surface area contributed by atoms with E-state index in [2.05, 4.69) is 10.7 Å². The van der Waals surface area contributed by atoms with Crippen molar-refractivity contribution in [1.82, 2.24) is 4.98 Å². The van der Waals surface area contributed by atoms with Crippen molar-refractivity contribution >= 4 is 0 Å². The van der Waals surface area contributed by atoms with Gasteiger partial charge < -0.3 is 27.7 Å². The van der Waals surface area contributed by atoms with Crippen molar-refractivity contribution in [3.63, 3.8) is 0 Å². The van der Waals surface area contributed by atoms with Gasteiger partial charge in [-0.1, -0.05) is 0 Å². The number of aryl methyl sites for hydroxylation is 1. The molecule has 0 amide bonds. The van der Waals surface area contributed by atoms with Crippen LogP contribution in [0.1, 0.15) is 18.1 Å². The Morgan fingerprint density at radius 1 is 1.50 bits per heavy atom. The summed E-state index contributed by atoms with van der Waals surface area (Å²) in [6.07, 6.45) is -4.26. The molecular formula is C8H12ClF3N2O2. The van der Waals surface area contributed by atoms with Crippen molar-refractivity contribution in [3.8, 4) is 0 Å². The Morgan fingerprint density at radius 3 is 2.38 bits per heavy atom. The van der Waals surface area contributed by atoms with Crippen LogP contribution in [0.25, 0.3) is 0 Å². The first-order valence-corrected chi connectivity index (χ1v) is 4.32. The SMILES string of the molecule is Cc1cnc(C(O)(CC[NH3+])C(F)(F)F)o1.[Cl-]. The van der Waals surface area contributed by atoms with Crippen LogP contribution >= 0.6 is 0 Å². The van der Waals surface area contributed by atoms with Gasteiger partial charge in [-0.05, 0) is 6.92 Å². The van der Waals surface area contributed by atoms with Gasteiger partial charge in [0, 0.05) is 6.42 Å². The minimum Gasteiger partial charge on any atom is -1.00 e. The van der Waals surface area contributed by atoms with Gasteiger partial charge in [-0.25, -0.2) is 4.98 Å². The molecule has 94 valence electrons. The lowest BCUT2D eigenvalue weighted by atomic mass is 9.99. The number of aliphatic hydroxyl groups is 1. The summed E-state index contributed by atoms with van der Waals surface area (Å²) in [6.45, 7) is 1.38. The smallest absolute Gasteiger partial charge is 0.426 e. The highest BCUT2D eigenvalue weighted by Crippen LogP contribution is 2.40. The number of rotatable bonds is 3. The standard InChI is InChI=1S/C8H11F3N2O2.ClH/c1-5-4-13-6(15-5)7(14,2-3-12)8(9,10)11;/h4,14H,2-3,12H2,1H3;1H. The topological polar surface area (TPSA) is 73.9 Å². The molecule has 1 rings (SSSR count). The van der Waals surface area contributed by atoms with Crippen LogP contribution in [-0.2, 0) is 5.60 Å². The maximum Gasteiger partial charge on any atom is 0.426 e. The van der Waals surface area contributed by atoms with Gasteiger partial charge in [-0.15, -0.1) is 0 Å². The van der Waals surface area contributed by atoms with Crippen molar-refractivity contribution < 1.29 is 40.8 Å². The number of oxazole rings is 1. The zero-order valence-corrected chi connectivity index (χ0v) is 9.27. The summed E-state index contributed by atoms with van der Waals surface area (Å²) < 4.78 is 42.5. The van der Waals surface area contributed by atoms with E-state index < -0.39 is 24.1 Å². The Labute approximate surface area is 96.1 Å². The quantitative estimate of drug-likeness (QED) is 0.624. The van der Waals surface area contributed by atoms with E-state index in [-0.39, 0.29) is 24.7 Å². The van der Waals surface area contributed by atoms with Crippen molar-refractivity contribution in [2.24, 2.45) is 0 Å². The predicted octanol–water partition coefficient (Wildman–Crippen LogP) is -2.63. The highest BCUT2D eigenvalue weighted by molar-refractivity contribution is 5.05. The normalized spacial score (nSPS) is 15.4. The fourth-order valence-electron chi connectivity index (χ4n) is 1.17. The summed E-state index contributed by atoms with van der Waals surface area (Å²) in [5, 5.41) is 9.51. The molecule has 1 aromatic heterocycles. The molecule has 0 saturated carbocycles. The molecule has 4 nitrogen and oxygen atoms in total. The van der Waals surface area contributed by atoms with Crippen LogP contribution in [0, 0.1) is 6.92 Å². The van der Waals surface area contributed by atoms with Crippen LogP contribution in [0.4, 0.5) is 13.2 Å². The molecule has 0 aromatic carbocycles. The van der Waals surface area contributed by atoms with Crippen LogP contribution in [-0.4, -0.2) is 22.8 Å². The van der Waals surface area contributed by atoms with Gasteiger partial charge in [-0.2, -0.15) is 13.2 Å². The van der Waals surface area contributed by atoms with E-state index >= 15 is 0 Å². The van der Waals surface area contributed by atoms with Crippen LogP contribution in [0.15, 0.2) is 10.6 Å². The number of hydrogen-bond donors (Lipinski definition) is 2. The van der Waals surface area contributed by atoms with Crippen molar-refractivity contribution in [1.29, 1.82) is 0 Å². The van der Waals surface area contributed by atoms with E-state index in [1.54, 1.807) is 0 Å². The highest BCUT2D eigenvalue weighted by Gasteiger charge is 2.58. The second-order valence-electron chi connectivity index (χ2n) is 3.24. The highest BCUT2D eigenvalue weighted by atomic mass is 35.5. The number of alkyl halides is 3. The lowest BCUT2D eigenvalue weighted by Crippen LogP contribution is -3.00. The van der Waals surface area contributed by atoms with Gasteiger partial charge in [0.1, 0.15) is 5.76 Å². The molecule has 4 N–H and O–H groups in total. The number of nitrogens with zero attached hydrogens (tertiary/aromatic N) is 1. The van der Waals surface area contributed by atoms with Gasteiger partial charge in [0.15, 0.2) is 0 Å². The zero-order chi connectivity index (χ0) is 11.7. The molecule has 0 radical (unpaired) electrons. The number of aromatic nitrogens is 1. The minimum atomic E-state index is -4.82. The Kier molecular flexibility index (Phi) is 4.78. The molecule has 0 saturated heterocycles. The monoisotopic (exact) mass is 260 g/mol. The van der Waals surface area contributed by atoms with Gasteiger partial charge >= 0.3 is 6.18 Å². The average molecular weight is 261 g/mol. The van der Waals surface area contributed by atoms with Gasteiger partial charge in [0.05, 0.1) is 12.7 Å². The van der Waals surface area contributed by atoms with E-state index in [0.29, 0.717) is 0 Å². The molecule has 8 heteroatoms. The Bertz CT molecular complexity index is 342. The van der Waals surface area contributed by atoms with Gasteiger partial charge in [-0.3, -0.25) is 0 Å². The molecule has 1 atom stereocenters. The first-order valence-electron chi connectivity index (χ1n) is 4.32. The van der Waals surface area contributed by atoms with Crippen molar-refractivity contribution in [2.45, 2.75) is 25.1 Å². The molecule has 0 bridgehead atoms. The Morgan fingerprint density at radius 2 is 2.06 bits per heavy atom. The first-order chi connectivity index (χ1) is 6.81. The molecule has 16 heavy (non-hydrogen) atoms. The number of quaternary nitrogens is 1. The summed E-state index contributed by atoms with van der Waals surface area (Å²) >= 11 is 0. The molecule has 1 heterocycles. The predicted molar refractivity (Wildman–Crippen MR) is 43.6 cm³/mol. The van der Waals surface area contributed by atoms with Crippen LogP contribution in [0.3, 0.4) is 0 Å². The Hall–Kier alpha value is -0.790. The van der Waals surface area contributed by atoms with E-state index in [1.807, 2.05) is 0 Å². The first kappa shape index (κ1) is 15.2. The zero-order valence-electron chi connectivity index (χ0n) is 8.51. The van der Waals surface area contributed by atoms with Crippen LogP contribution in [0.2, 0.25) is 0 Å². The van der Waals surface area contributed by atoms with E-state index in [9.17, 15) is 18.3 Å². The second-order valence-corrected chi connectivity index (χ2v) is 3.24. The number of halogens is 4. The van der Waals surface area contributed by atoms with Crippen LogP contribution < -0.4 is 18.1 Å². The second kappa shape index (κ2) is 5.03. The van der Waals surface area contributed by atoms with Crippen LogP contribution in [0.5, 0.6) is 0 Å². The number of hydrogen-bond acceptors (Lipinski definition) is 3. The fourth-order valence-corrected chi connectivity index (χ4v) is 1.17. The molecular weight excluding hydrogens is 249 g/mol. The summed E-state index contributed by atoms with van der Waals surface area (Å²) in [6, 6.07) is 0. The van der Waals surface area contributed by atoms with E-state index in [0.717, 1.165) is 6.20 Å². The summed E-state index contributed by atoms with van der Waals surface area (Å²) in [7, 11) is 0. The largest absolute Gasteiger partial charge is 1.00 e. The van der Waals surface area contributed by atoms with Gasteiger partial charge in [0.2, 0.25) is 11.5 Å². The van der Waals surface area contributed by atoms with E-state index in [4.69, 9.17) is 4.42 Å². The van der Waals surface area contributed by atoms with Crippen molar-refractivity contribution in [2.75, 3.05) is 6.54 Å². The summed E-state index contributed by atoms with van der Waals surface area (Å²) in [4.78, 5) is 3.41. The molecule has 0 aliphatic rings. The van der Waals surface area contributed by atoms with Gasteiger partial charge in [0.25, 0.3) is 0 Å². The molecule has 0 fully saturated rings. The van der Waals surface area contributed by atoms with E-state index in [1.165, 1.54) is 6.92 Å². The third kappa shape index (κ3) is 2.66. The lowest BCUT2D eigenvalue weighted by Gasteiger charge is -2.25. The molecule has 0 aliphatic carbocycles.